The summed E-state index contributed by atoms with van der Waals surface area (Å²) in [5.41, 5.74) is 3.70. The van der Waals surface area contributed by atoms with Gasteiger partial charge in [-0.3, -0.25) is 4.68 Å². The second-order valence-electron chi connectivity index (χ2n) is 7.82. The summed E-state index contributed by atoms with van der Waals surface area (Å²) < 4.78 is 33.5. The van der Waals surface area contributed by atoms with E-state index in [1.807, 2.05) is 25.4 Å². The number of rotatable bonds is 3. The maximum atomic E-state index is 13.4. The van der Waals surface area contributed by atoms with Gasteiger partial charge in [0.15, 0.2) is 6.10 Å². The summed E-state index contributed by atoms with van der Waals surface area (Å²) in [6.07, 6.45) is 3.55. The van der Waals surface area contributed by atoms with E-state index in [0.29, 0.717) is 26.2 Å². The SMILES string of the molecule is Cn1cc(-c2cc3c(N4CCN(C(=O)OC5CCC5(F)F)CC4)ccnc3[nH]2)cn1. The number of fused-ring (bicyclic) bond motifs is 1. The fourth-order valence-corrected chi connectivity index (χ4v) is 3.96. The van der Waals surface area contributed by atoms with Crippen molar-refractivity contribution in [2.24, 2.45) is 7.05 Å². The molecule has 1 N–H and O–H groups in total. The summed E-state index contributed by atoms with van der Waals surface area (Å²) in [6, 6.07) is 4.00. The van der Waals surface area contributed by atoms with Crippen molar-refractivity contribution < 1.29 is 18.3 Å². The highest BCUT2D eigenvalue weighted by molar-refractivity contribution is 5.93. The van der Waals surface area contributed by atoms with Crippen molar-refractivity contribution in [2.75, 3.05) is 31.1 Å². The van der Waals surface area contributed by atoms with E-state index in [1.54, 1.807) is 17.1 Å². The Labute approximate surface area is 171 Å². The zero-order chi connectivity index (χ0) is 20.9. The van der Waals surface area contributed by atoms with Crippen LogP contribution < -0.4 is 4.90 Å². The van der Waals surface area contributed by atoms with Crippen LogP contribution in [-0.4, -0.2) is 68.9 Å². The molecule has 2 aliphatic rings. The number of anilines is 1. The molecule has 1 atom stereocenters. The summed E-state index contributed by atoms with van der Waals surface area (Å²) in [4.78, 5) is 23.7. The van der Waals surface area contributed by atoms with E-state index in [2.05, 4.69) is 20.0 Å². The van der Waals surface area contributed by atoms with Crippen molar-refractivity contribution in [3.8, 4) is 11.3 Å². The number of hydrogen-bond acceptors (Lipinski definition) is 5. The number of aryl methyl sites for hydroxylation is 1. The van der Waals surface area contributed by atoms with Crippen LogP contribution in [0.25, 0.3) is 22.3 Å². The number of nitrogens with zero attached hydrogens (tertiary/aromatic N) is 5. The Morgan fingerprint density at radius 2 is 2.10 bits per heavy atom. The Kier molecular flexibility index (Phi) is 4.37. The van der Waals surface area contributed by atoms with Crippen LogP contribution in [0.15, 0.2) is 30.7 Å². The van der Waals surface area contributed by atoms with Crippen molar-refractivity contribution in [3.63, 3.8) is 0 Å². The Morgan fingerprint density at radius 3 is 2.73 bits per heavy atom. The molecular weight excluding hydrogens is 394 g/mol. The molecule has 3 aromatic rings. The number of carbonyl (C=O) groups is 1. The molecule has 8 nitrogen and oxygen atoms in total. The van der Waals surface area contributed by atoms with Gasteiger partial charge in [-0.2, -0.15) is 5.10 Å². The van der Waals surface area contributed by atoms with Gasteiger partial charge in [0, 0.05) is 68.7 Å². The maximum absolute atomic E-state index is 13.4. The summed E-state index contributed by atoms with van der Waals surface area (Å²) in [5, 5.41) is 5.20. The molecular formula is C20H22F2N6O2. The van der Waals surface area contributed by atoms with Crippen LogP contribution in [-0.2, 0) is 11.8 Å². The van der Waals surface area contributed by atoms with Gasteiger partial charge in [0.1, 0.15) is 5.65 Å². The van der Waals surface area contributed by atoms with Crippen LogP contribution in [0.2, 0.25) is 0 Å². The third-order valence-corrected chi connectivity index (χ3v) is 5.86. The highest BCUT2D eigenvalue weighted by atomic mass is 19.3. The summed E-state index contributed by atoms with van der Waals surface area (Å²) in [6.45, 7) is 2.01. The summed E-state index contributed by atoms with van der Waals surface area (Å²) in [5.74, 6) is -2.89. The second kappa shape index (κ2) is 6.96. The molecule has 3 aromatic heterocycles. The molecule has 0 aromatic carbocycles. The number of pyridine rings is 1. The topological polar surface area (TPSA) is 79.3 Å². The largest absolute Gasteiger partial charge is 0.440 e. The van der Waals surface area contributed by atoms with Crippen molar-refractivity contribution in [1.29, 1.82) is 0 Å². The first-order valence-corrected chi connectivity index (χ1v) is 9.96. The van der Waals surface area contributed by atoms with Gasteiger partial charge in [-0.1, -0.05) is 0 Å². The molecule has 4 heterocycles. The number of amides is 1. The molecule has 1 amide bonds. The standard InChI is InChI=1S/C20H22F2N6O2/c1-26-12-13(11-24-26)15-10-14-16(3-5-23-18(14)25-15)27-6-8-28(9-7-27)19(29)30-17-2-4-20(17,21)22/h3,5,10-12,17H,2,4,6-9H2,1H3,(H,23,25). The van der Waals surface area contributed by atoms with E-state index < -0.39 is 18.1 Å². The first-order valence-electron chi connectivity index (χ1n) is 9.96. The number of hydrogen-bond donors (Lipinski definition) is 1. The van der Waals surface area contributed by atoms with E-state index in [1.165, 1.54) is 4.90 Å². The lowest BCUT2D eigenvalue weighted by atomic mass is 9.91. The van der Waals surface area contributed by atoms with Gasteiger partial charge in [0.25, 0.3) is 5.92 Å². The van der Waals surface area contributed by atoms with Gasteiger partial charge in [0.05, 0.1) is 11.9 Å². The van der Waals surface area contributed by atoms with Gasteiger partial charge in [-0.15, -0.1) is 0 Å². The van der Waals surface area contributed by atoms with Gasteiger partial charge in [-0.25, -0.2) is 18.6 Å². The van der Waals surface area contributed by atoms with Crippen LogP contribution in [0.1, 0.15) is 12.8 Å². The van der Waals surface area contributed by atoms with Crippen molar-refractivity contribution in [1.82, 2.24) is 24.6 Å². The number of nitrogens with one attached hydrogen (secondary N) is 1. The molecule has 0 bridgehead atoms. The lowest BCUT2D eigenvalue weighted by Gasteiger charge is -2.39. The van der Waals surface area contributed by atoms with Crippen LogP contribution in [0, 0.1) is 0 Å². The first kappa shape index (κ1) is 18.8. The quantitative estimate of drug-likeness (QED) is 0.710. The number of piperazine rings is 1. The molecule has 1 aliphatic carbocycles. The monoisotopic (exact) mass is 416 g/mol. The molecule has 0 radical (unpaired) electrons. The number of carbonyl (C=O) groups excluding carboxylic acids is 1. The minimum absolute atomic E-state index is 0.214. The van der Waals surface area contributed by atoms with Gasteiger partial charge < -0.3 is 19.5 Å². The molecule has 0 spiro atoms. The highest BCUT2D eigenvalue weighted by Gasteiger charge is 2.51. The smallest absolute Gasteiger partial charge is 0.410 e. The van der Waals surface area contributed by atoms with Crippen molar-refractivity contribution in [2.45, 2.75) is 24.9 Å². The first-order chi connectivity index (χ1) is 14.4. The Morgan fingerprint density at radius 1 is 1.30 bits per heavy atom. The van der Waals surface area contributed by atoms with Gasteiger partial charge >= 0.3 is 6.09 Å². The van der Waals surface area contributed by atoms with Crippen LogP contribution in [0.5, 0.6) is 0 Å². The number of ether oxygens (including phenoxy) is 1. The Balaban J connectivity index is 1.29. The maximum Gasteiger partial charge on any atom is 0.410 e. The van der Waals surface area contributed by atoms with Crippen molar-refractivity contribution in [3.05, 3.63) is 30.7 Å². The minimum Gasteiger partial charge on any atom is -0.440 e. The molecule has 10 heteroatoms. The number of H-pyrrole nitrogens is 1. The predicted molar refractivity (Wildman–Crippen MR) is 107 cm³/mol. The zero-order valence-corrected chi connectivity index (χ0v) is 16.5. The fraction of sp³-hybridized carbons (Fsp3) is 0.450. The number of aromatic nitrogens is 4. The van der Waals surface area contributed by atoms with E-state index in [9.17, 15) is 13.6 Å². The lowest BCUT2D eigenvalue weighted by molar-refractivity contribution is -0.179. The Hall–Kier alpha value is -3.17. The average Bonchev–Trinajstić information content (AvgIpc) is 3.37. The van der Waals surface area contributed by atoms with Gasteiger partial charge in [0.2, 0.25) is 0 Å². The third kappa shape index (κ3) is 3.25. The predicted octanol–water partition coefficient (Wildman–Crippen LogP) is 3.02. The molecule has 1 aliphatic heterocycles. The second-order valence-corrected chi connectivity index (χ2v) is 7.82. The van der Waals surface area contributed by atoms with Gasteiger partial charge in [-0.05, 0) is 18.6 Å². The molecule has 1 unspecified atom stereocenters. The molecule has 5 rings (SSSR count). The van der Waals surface area contributed by atoms with Crippen LogP contribution in [0.4, 0.5) is 19.3 Å². The highest BCUT2D eigenvalue weighted by Crippen LogP contribution is 2.40. The third-order valence-electron chi connectivity index (χ3n) is 5.86. The molecule has 1 saturated heterocycles. The zero-order valence-electron chi connectivity index (χ0n) is 16.5. The normalized spacial score (nSPS) is 21.0. The Bertz CT molecular complexity index is 1090. The van der Waals surface area contributed by atoms with E-state index >= 15 is 0 Å². The summed E-state index contributed by atoms with van der Waals surface area (Å²) in [7, 11) is 1.87. The van der Waals surface area contributed by atoms with Crippen LogP contribution in [0.3, 0.4) is 0 Å². The molecule has 30 heavy (non-hydrogen) atoms. The molecule has 1 saturated carbocycles. The van der Waals surface area contributed by atoms with E-state index in [4.69, 9.17) is 4.74 Å². The molecule has 2 fully saturated rings. The fourth-order valence-electron chi connectivity index (χ4n) is 3.96. The number of aromatic amines is 1. The van der Waals surface area contributed by atoms with Crippen molar-refractivity contribution >= 4 is 22.8 Å². The summed E-state index contributed by atoms with van der Waals surface area (Å²) >= 11 is 0. The van der Waals surface area contributed by atoms with E-state index in [-0.39, 0.29) is 12.8 Å². The molecule has 158 valence electrons. The lowest BCUT2D eigenvalue weighted by Crippen LogP contribution is -2.53. The van der Waals surface area contributed by atoms with E-state index in [0.717, 1.165) is 28.0 Å². The average molecular weight is 416 g/mol. The van der Waals surface area contributed by atoms with Crippen LogP contribution >= 0.6 is 0 Å². The minimum atomic E-state index is -2.89. The number of halogens is 2. The number of alkyl halides is 2.